The molecule has 1 saturated heterocycles. The fourth-order valence-electron chi connectivity index (χ4n) is 0.928. The molecule has 0 unspecified atom stereocenters. The van der Waals surface area contributed by atoms with Gasteiger partial charge in [-0.1, -0.05) is 13.8 Å². The van der Waals surface area contributed by atoms with Crippen molar-refractivity contribution in [3.8, 4) is 0 Å². The van der Waals surface area contributed by atoms with E-state index in [-0.39, 0.29) is 0 Å². The molecule has 60 valence electrons. The van der Waals surface area contributed by atoms with Gasteiger partial charge in [-0.25, -0.2) is 4.39 Å². The Hall–Kier alpha value is -0.370. The highest BCUT2D eigenvalue weighted by Gasteiger charge is 2.10. The van der Waals surface area contributed by atoms with Crippen molar-refractivity contribution in [2.75, 3.05) is 20.1 Å². The highest BCUT2D eigenvalue weighted by Crippen LogP contribution is 2.11. The summed E-state index contributed by atoms with van der Waals surface area (Å²) in [5.74, 6) is 0. The average molecular weight is 145 g/mol. The van der Waals surface area contributed by atoms with Crippen molar-refractivity contribution in [1.82, 2.24) is 4.90 Å². The lowest BCUT2D eigenvalue weighted by Gasteiger charge is -2.01. The smallest absolute Gasteiger partial charge is 0.0872 e. The van der Waals surface area contributed by atoms with E-state index in [2.05, 4.69) is 4.90 Å². The third-order valence-corrected chi connectivity index (χ3v) is 1.44. The molecule has 0 aromatic heterocycles. The lowest BCUT2D eigenvalue weighted by Crippen LogP contribution is -2.11. The van der Waals surface area contributed by atoms with E-state index in [0.29, 0.717) is 0 Å². The van der Waals surface area contributed by atoms with Crippen LogP contribution in [0.5, 0.6) is 0 Å². The molecule has 0 saturated carbocycles. The molecule has 10 heavy (non-hydrogen) atoms. The van der Waals surface area contributed by atoms with Crippen LogP contribution < -0.4 is 0 Å². The maximum atomic E-state index is 11.7. The number of likely N-dealkylation sites (tertiary alicyclic amines) is 1. The topological polar surface area (TPSA) is 3.24 Å². The SMILES string of the molecule is CC.CN1CC/C(=C/F)C1. The van der Waals surface area contributed by atoms with E-state index >= 15 is 0 Å². The minimum Gasteiger partial charge on any atom is -0.302 e. The van der Waals surface area contributed by atoms with Crippen LogP contribution in [0.3, 0.4) is 0 Å². The van der Waals surface area contributed by atoms with Crippen LogP contribution >= 0.6 is 0 Å². The van der Waals surface area contributed by atoms with Gasteiger partial charge in [-0.2, -0.15) is 0 Å². The van der Waals surface area contributed by atoms with Crippen LogP contribution in [0.1, 0.15) is 20.3 Å². The van der Waals surface area contributed by atoms with Crippen LogP contribution in [0, 0.1) is 0 Å². The molecule has 0 amide bonds. The molecule has 1 aliphatic rings. The minimum absolute atomic E-state index is 0.726. The van der Waals surface area contributed by atoms with E-state index in [0.717, 1.165) is 31.4 Å². The van der Waals surface area contributed by atoms with Crippen LogP contribution in [0.15, 0.2) is 11.9 Å². The quantitative estimate of drug-likeness (QED) is 0.505. The molecule has 0 aromatic rings. The summed E-state index contributed by atoms with van der Waals surface area (Å²) in [5.41, 5.74) is 0.924. The van der Waals surface area contributed by atoms with Crippen LogP contribution in [-0.4, -0.2) is 25.0 Å². The Morgan fingerprint density at radius 1 is 1.50 bits per heavy atom. The van der Waals surface area contributed by atoms with Gasteiger partial charge in [-0.05, 0) is 19.0 Å². The number of hydrogen-bond donors (Lipinski definition) is 0. The van der Waals surface area contributed by atoms with E-state index in [1.807, 2.05) is 20.9 Å². The minimum atomic E-state index is 0.726. The monoisotopic (exact) mass is 145 g/mol. The first-order valence-corrected chi connectivity index (χ1v) is 3.79. The first-order valence-electron chi connectivity index (χ1n) is 3.79. The maximum absolute atomic E-state index is 11.7. The molecular formula is C8H16FN. The third-order valence-electron chi connectivity index (χ3n) is 1.44. The van der Waals surface area contributed by atoms with Gasteiger partial charge in [0.1, 0.15) is 0 Å². The maximum Gasteiger partial charge on any atom is 0.0872 e. The molecule has 1 heterocycles. The lowest BCUT2D eigenvalue weighted by molar-refractivity contribution is 0.424. The first kappa shape index (κ1) is 9.63. The highest BCUT2D eigenvalue weighted by molar-refractivity contribution is 5.05. The van der Waals surface area contributed by atoms with Gasteiger partial charge in [0.25, 0.3) is 0 Å². The zero-order valence-corrected chi connectivity index (χ0v) is 7.02. The van der Waals surface area contributed by atoms with Crippen molar-refractivity contribution in [3.05, 3.63) is 11.9 Å². The number of halogens is 1. The average Bonchev–Trinajstić information content (AvgIpc) is 2.40. The molecule has 2 heteroatoms. The zero-order valence-electron chi connectivity index (χ0n) is 7.02. The largest absolute Gasteiger partial charge is 0.302 e. The summed E-state index contributed by atoms with van der Waals surface area (Å²) in [4.78, 5) is 2.10. The second-order valence-corrected chi connectivity index (χ2v) is 2.26. The van der Waals surface area contributed by atoms with Gasteiger partial charge >= 0.3 is 0 Å². The zero-order chi connectivity index (χ0) is 7.98. The third kappa shape index (κ3) is 2.97. The van der Waals surface area contributed by atoms with Gasteiger partial charge in [-0.15, -0.1) is 0 Å². The second-order valence-electron chi connectivity index (χ2n) is 2.26. The van der Waals surface area contributed by atoms with E-state index in [4.69, 9.17) is 0 Å². The summed E-state index contributed by atoms with van der Waals surface area (Å²) < 4.78 is 11.7. The van der Waals surface area contributed by atoms with Crippen molar-refractivity contribution < 1.29 is 4.39 Å². The summed E-state index contributed by atoms with van der Waals surface area (Å²) in [6.45, 7) is 5.83. The molecular weight excluding hydrogens is 129 g/mol. The van der Waals surface area contributed by atoms with Gasteiger partial charge in [0.2, 0.25) is 0 Å². The summed E-state index contributed by atoms with van der Waals surface area (Å²) in [6.07, 6.45) is 1.64. The van der Waals surface area contributed by atoms with E-state index < -0.39 is 0 Å². The number of rotatable bonds is 0. The van der Waals surface area contributed by atoms with Crippen molar-refractivity contribution in [3.63, 3.8) is 0 Å². The molecule has 1 aliphatic heterocycles. The van der Waals surface area contributed by atoms with E-state index in [9.17, 15) is 4.39 Å². The van der Waals surface area contributed by atoms with Gasteiger partial charge in [0.05, 0.1) is 6.33 Å². The van der Waals surface area contributed by atoms with Crippen LogP contribution in [0.2, 0.25) is 0 Å². The Morgan fingerprint density at radius 2 is 2.10 bits per heavy atom. The van der Waals surface area contributed by atoms with Crippen molar-refractivity contribution in [2.24, 2.45) is 0 Å². The van der Waals surface area contributed by atoms with Crippen molar-refractivity contribution >= 4 is 0 Å². The van der Waals surface area contributed by atoms with Crippen molar-refractivity contribution in [1.29, 1.82) is 0 Å². The summed E-state index contributed by atoms with van der Waals surface area (Å²) in [7, 11) is 2.00. The highest BCUT2D eigenvalue weighted by atomic mass is 19.1. The molecule has 0 aromatic carbocycles. The molecule has 0 N–H and O–H groups in total. The number of hydrogen-bond acceptors (Lipinski definition) is 1. The van der Waals surface area contributed by atoms with Gasteiger partial charge in [0.15, 0.2) is 0 Å². The normalized spacial score (nSPS) is 22.6. The fourth-order valence-corrected chi connectivity index (χ4v) is 0.928. The van der Waals surface area contributed by atoms with Gasteiger partial charge in [0, 0.05) is 13.1 Å². The van der Waals surface area contributed by atoms with Crippen LogP contribution in [0.4, 0.5) is 4.39 Å². The van der Waals surface area contributed by atoms with Crippen LogP contribution in [-0.2, 0) is 0 Å². The molecule has 0 bridgehead atoms. The lowest BCUT2D eigenvalue weighted by atomic mass is 10.3. The van der Waals surface area contributed by atoms with Crippen LogP contribution in [0.25, 0.3) is 0 Å². The second kappa shape index (κ2) is 5.42. The fraction of sp³-hybridized carbons (Fsp3) is 0.750. The van der Waals surface area contributed by atoms with Crippen molar-refractivity contribution in [2.45, 2.75) is 20.3 Å². The first-order chi connectivity index (χ1) is 4.83. The Bertz CT molecular complexity index is 110. The Morgan fingerprint density at radius 3 is 2.30 bits per heavy atom. The molecule has 0 atom stereocenters. The van der Waals surface area contributed by atoms with Gasteiger partial charge < -0.3 is 4.90 Å². The Labute approximate surface area is 62.5 Å². The standard InChI is InChI=1S/C6H10FN.C2H6/c1-8-3-2-6(4-7)5-8;1-2/h4H,2-3,5H2,1H3;1-2H3/b6-4-;. The summed E-state index contributed by atoms with van der Waals surface area (Å²) >= 11 is 0. The molecule has 0 aliphatic carbocycles. The Kier molecular flexibility index (Phi) is 5.22. The molecule has 0 radical (unpaired) electrons. The number of likely N-dealkylation sites (N-methyl/N-ethyl adjacent to an activating group) is 1. The molecule has 0 spiro atoms. The Balaban J connectivity index is 0.000000371. The summed E-state index contributed by atoms with van der Waals surface area (Å²) in [5, 5.41) is 0. The predicted octanol–water partition coefficient (Wildman–Crippen LogP) is 2.20. The summed E-state index contributed by atoms with van der Waals surface area (Å²) in [6, 6.07) is 0. The van der Waals surface area contributed by atoms with Gasteiger partial charge in [-0.3, -0.25) is 0 Å². The van der Waals surface area contributed by atoms with E-state index in [1.165, 1.54) is 0 Å². The molecule has 1 nitrogen and oxygen atoms in total. The predicted molar refractivity (Wildman–Crippen MR) is 42.7 cm³/mol. The number of nitrogens with zero attached hydrogens (tertiary/aromatic N) is 1. The molecule has 1 fully saturated rings. The molecule has 1 rings (SSSR count). The van der Waals surface area contributed by atoms with E-state index in [1.54, 1.807) is 0 Å².